The molecular formula is C17H17N5O3. The molecule has 1 heterocycles. The number of fused-ring (bicyclic) bond motifs is 1. The fraction of sp³-hybridized carbons (Fsp3) is 0.353. The maximum absolute atomic E-state index is 12.6. The summed E-state index contributed by atoms with van der Waals surface area (Å²) >= 11 is 0. The van der Waals surface area contributed by atoms with Crippen LogP contribution >= 0.6 is 0 Å². The van der Waals surface area contributed by atoms with E-state index in [0.717, 1.165) is 11.1 Å². The number of carbonyl (C=O) groups is 1. The minimum atomic E-state index is -1.09. The molecule has 1 aliphatic carbocycles. The van der Waals surface area contributed by atoms with E-state index >= 15 is 0 Å². The van der Waals surface area contributed by atoms with Crippen LogP contribution in [0.4, 0.5) is 5.69 Å². The topological polar surface area (TPSA) is 125 Å². The van der Waals surface area contributed by atoms with Gasteiger partial charge in [-0.15, -0.1) is 0 Å². The predicted octanol–water partition coefficient (Wildman–Crippen LogP) is 2.06. The molecule has 0 spiro atoms. The number of aromatic amines is 1. The number of hydrogen-bond donors (Lipinski definition) is 2. The van der Waals surface area contributed by atoms with Gasteiger partial charge in [0.1, 0.15) is 11.2 Å². The normalized spacial score (nSPS) is 18.9. The minimum Gasteiger partial charge on any atom is -0.332 e. The number of aromatic nitrogens is 2. The molecule has 128 valence electrons. The van der Waals surface area contributed by atoms with Crippen LogP contribution < -0.4 is 5.32 Å². The average Bonchev–Trinajstić information content (AvgIpc) is 3.06. The number of nitrogens with zero attached hydrogens (tertiary/aromatic N) is 3. The summed E-state index contributed by atoms with van der Waals surface area (Å²) in [7, 11) is 0. The molecule has 1 amide bonds. The molecule has 8 nitrogen and oxygen atoms in total. The van der Waals surface area contributed by atoms with E-state index in [2.05, 4.69) is 21.6 Å². The zero-order valence-electron chi connectivity index (χ0n) is 13.7. The molecule has 2 aromatic rings. The molecule has 3 rings (SSSR count). The molecule has 1 unspecified atom stereocenters. The number of carbonyl (C=O) groups excluding carboxylic acids is 1. The van der Waals surface area contributed by atoms with Crippen molar-refractivity contribution in [1.82, 2.24) is 15.5 Å². The van der Waals surface area contributed by atoms with Gasteiger partial charge in [0.15, 0.2) is 0 Å². The van der Waals surface area contributed by atoms with Gasteiger partial charge in [-0.25, -0.2) is 0 Å². The summed E-state index contributed by atoms with van der Waals surface area (Å²) in [4.78, 5) is 23.2. The van der Waals surface area contributed by atoms with Crippen LogP contribution in [0, 0.1) is 21.4 Å². The predicted molar refractivity (Wildman–Crippen MR) is 88.9 cm³/mol. The first-order chi connectivity index (χ1) is 12.0. The Kier molecular flexibility index (Phi) is 4.23. The van der Waals surface area contributed by atoms with E-state index in [1.807, 2.05) is 24.3 Å². The molecule has 0 fully saturated rings. The lowest BCUT2D eigenvalue weighted by Crippen LogP contribution is -2.51. The minimum absolute atomic E-state index is 0.282. The third kappa shape index (κ3) is 2.96. The lowest BCUT2D eigenvalue weighted by Gasteiger charge is -2.32. The van der Waals surface area contributed by atoms with Gasteiger partial charge in [-0.2, -0.15) is 10.4 Å². The van der Waals surface area contributed by atoms with Crippen LogP contribution in [0.15, 0.2) is 24.3 Å². The number of nitro groups is 1. The number of aryl methyl sites for hydroxylation is 2. The van der Waals surface area contributed by atoms with Gasteiger partial charge in [-0.3, -0.25) is 20.0 Å². The molecule has 1 aliphatic rings. The van der Waals surface area contributed by atoms with Gasteiger partial charge in [0.25, 0.3) is 5.91 Å². The highest BCUT2D eigenvalue weighted by Gasteiger charge is 2.39. The molecule has 0 bridgehead atoms. The molecule has 1 aromatic carbocycles. The SMILES string of the molecule is CCc1[nH]nc(C(=O)NC2(C#N)CCc3ccccc3C2)c1[N+](=O)[O-]. The molecule has 2 N–H and O–H groups in total. The van der Waals surface area contributed by atoms with Crippen LogP contribution in [0.25, 0.3) is 0 Å². The average molecular weight is 339 g/mol. The molecule has 0 aliphatic heterocycles. The number of benzene rings is 1. The monoisotopic (exact) mass is 339 g/mol. The van der Waals surface area contributed by atoms with Crippen LogP contribution in [-0.2, 0) is 19.3 Å². The van der Waals surface area contributed by atoms with Gasteiger partial charge in [-0.1, -0.05) is 31.2 Å². The van der Waals surface area contributed by atoms with E-state index in [1.54, 1.807) is 6.92 Å². The first-order valence-corrected chi connectivity index (χ1v) is 8.02. The van der Waals surface area contributed by atoms with Crippen molar-refractivity contribution in [1.29, 1.82) is 5.26 Å². The van der Waals surface area contributed by atoms with Gasteiger partial charge >= 0.3 is 5.69 Å². The Balaban J connectivity index is 1.89. The number of rotatable bonds is 4. The second kappa shape index (κ2) is 6.36. The van der Waals surface area contributed by atoms with Crippen molar-refractivity contribution in [3.05, 3.63) is 56.9 Å². The fourth-order valence-corrected chi connectivity index (χ4v) is 3.22. The van der Waals surface area contributed by atoms with E-state index in [4.69, 9.17) is 0 Å². The second-order valence-corrected chi connectivity index (χ2v) is 6.10. The van der Waals surface area contributed by atoms with Crippen LogP contribution in [0.5, 0.6) is 0 Å². The van der Waals surface area contributed by atoms with Crippen molar-refractivity contribution in [2.24, 2.45) is 0 Å². The molecule has 1 atom stereocenters. The Morgan fingerprint density at radius 3 is 2.84 bits per heavy atom. The van der Waals surface area contributed by atoms with Gasteiger partial charge in [0.2, 0.25) is 5.69 Å². The Morgan fingerprint density at radius 2 is 2.20 bits per heavy atom. The largest absolute Gasteiger partial charge is 0.332 e. The molecule has 1 aromatic heterocycles. The Bertz CT molecular complexity index is 883. The standard InChI is InChI=1S/C17H17N5O3/c1-2-13-15(22(24)25)14(21-20-13)16(23)19-17(10-18)8-7-11-5-3-4-6-12(11)9-17/h3-6H,2,7-9H2,1H3,(H,19,23)(H,20,21). The van der Waals surface area contributed by atoms with Crippen molar-refractivity contribution in [2.75, 3.05) is 0 Å². The number of nitrogens with one attached hydrogen (secondary N) is 2. The molecule has 0 saturated heterocycles. The molecule has 0 radical (unpaired) electrons. The van der Waals surface area contributed by atoms with Crippen molar-refractivity contribution < 1.29 is 9.72 Å². The highest BCUT2D eigenvalue weighted by atomic mass is 16.6. The van der Waals surface area contributed by atoms with Gasteiger partial charge in [-0.05, 0) is 30.4 Å². The molecule has 8 heteroatoms. The first kappa shape index (κ1) is 16.6. The number of amides is 1. The summed E-state index contributed by atoms with van der Waals surface area (Å²) in [6, 6.07) is 9.95. The lowest BCUT2D eigenvalue weighted by atomic mass is 9.78. The fourth-order valence-electron chi connectivity index (χ4n) is 3.22. The summed E-state index contributed by atoms with van der Waals surface area (Å²) in [6.07, 6.45) is 1.83. The number of hydrogen-bond acceptors (Lipinski definition) is 5. The van der Waals surface area contributed by atoms with E-state index in [1.165, 1.54) is 0 Å². The van der Waals surface area contributed by atoms with Crippen LogP contribution in [0.3, 0.4) is 0 Å². The third-order valence-corrected chi connectivity index (χ3v) is 4.56. The van der Waals surface area contributed by atoms with Crippen molar-refractivity contribution in [3.8, 4) is 6.07 Å². The van der Waals surface area contributed by atoms with Crippen LogP contribution in [-0.4, -0.2) is 26.6 Å². The molecule has 25 heavy (non-hydrogen) atoms. The second-order valence-electron chi connectivity index (χ2n) is 6.10. The van der Waals surface area contributed by atoms with E-state index in [-0.39, 0.29) is 17.1 Å². The van der Waals surface area contributed by atoms with Crippen LogP contribution in [0.1, 0.15) is 40.7 Å². The number of nitriles is 1. The Hall–Kier alpha value is -3.21. The first-order valence-electron chi connectivity index (χ1n) is 8.02. The zero-order valence-corrected chi connectivity index (χ0v) is 13.7. The van der Waals surface area contributed by atoms with E-state index < -0.39 is 16.4 Å². The lowest BCUT2D eigenvalue weighted by molar-refractivity contribution is -0.385. The Labute approximate surface area is 144 Å². The molecular weight excluding hydrogens is 322 g/mol. The third-order valence-electron chi connectivity index (χ3n) is 4.56. The zero-order chi connectivity index (χ0) is 18.0. The summed E-state index contributed by atoms with van der Waals surface area (Å²) < 4.78 is 0. The summed E-state index contributed by atoms with van der Waals surface area (Å²) in [6.45, 7) is 1.73. The highest BCUT2D eigenvalue weighted by molar-refractivity contribution is 5.97. The highest BCUT2D eigenvalue weighted by Crippen LogP contribution is 2.29. The van der Waals surface area contributed by atoms with Gasteiger partial charge in [0.05, 0.1) is 11.0 Å². The van der Waals surface area contributed by atoms with Gasteiger partial charge < -0.3 is 5.32 Å². The maximum atomic E-state index is 12.6. The molecule has 0 saturated carbocycles. The van der Waals surface area contributed by atoms with E-state index in [0.29, 0.717) is 25.7 Å². The quantitative estimate of drug-likeness (QED) is 0.651. The summed E-state index contributed by atoms with van der Waals surface area (Å²) in [5, 5.41) is 30.0. The van der Waals surface area contributed by atoms with Crippen molar-refractivity contribution in [2.45, 2.75) is 38.1 Å². The van der Waals surface area contributed by atoms with Crippen molar-refractivity contribution in [3.63, 3.8) is 0 Å². The number of H-pyrrole nitrogens is 1. The Morgan fingerprint density at radius 1 is 1.48 bits per heavy atom. The summed E-state index contributed by atoms with van der Waals surface area (Å²) in [5.41, 5.74) is 0.739. The smallest absolute Gasteiger partial charge is 0.322 e. The van der Waals surface area contributed by atoms with Crippen LogP contribution in [0.2, 0.25) is 0 Å². The van der Waals surface area contributed by atoms with E-state index in [9.17, 15) is 20.2 Å². The van der Waals surface area contributed by atoms with Crippen molar-refractivity contribution >= 4 is 11.6 Å². The van der Waals surface area contributed by atoms with Gasteiger partial charge in [0, 0.05) is 6.42 Å². The maximum Gasteiger partial charge on any atom is 0.322 e. The summed E-state index contributed by atoms with van der Waals surface area (Å²) in [5.74, 6) is -0.705.